The summed E-state index contributed by atoms with van der Waals surface area (Å²) in [6.07, 6.45) is 0. The molecule has 70 valence electrons. The topological polar surface area (TPSA) is 37.3 Å². The zero-order valence-corrected chi connectivity index (χ0v) is 8.22. The summed E-state index contributed by atoms with van der Waals surface area (Å²) >= 11 is 0. The largest absolute Gasteiger partial charge is 0.388 e. The molecule has 1 aromatic carbocycles. The minimum absolute atomic E-state index is 0.199. The van der Waals surface area contributed by atoms with Gasteiger partial charge in [-0.05, 0) is 31.9 Å². The molecule has 1 rings (SSSR count). The Morgan fingerprint density at radius 3 is 2.08 bits per heavy atom. The molecule has 13 heavy (non-hydrogen) atoms. The van der Waals surface area contributed by atoms with Gasteiger partial charge in [0, 0.05) is 5.56 Å². The fraction of sp³-hybridized carbons (Fsp3) is 0.364. The summed E-state index contributed by atoms with van der Waals surface area (Å²) in [7, 11) is 0. The molecule has 0 aliphatic carbocycles. The molecule has 0 unspecified atom stereocenters. The van der Waals surface area contributed by atoms with E-state index in [1.165, 1.54) is 0 Å². The monoisotopic (exact) mass is 178 g/mol. The van der Waals surface area contributed by atoms with Crippen molar-refractivity contribution in [3.63, 3.8) is 0 Å². The Hall–Kier alpha value is -1.15. The zero-order valence-electron chi connectivity index (χ0n) is 8.22. The molecule has 0 aliphatic rings. The second-order valence-electron chi connectivity index (χ2n) is 3.36. The van der Waals surface area contributed by atoms with Gasteiger partial charge in [-0.25, -0.2) is 0 Å². The smallest absolute Gasteiger partial charge is 0.188 e. The summed E-state index contributed by atoms with van der Waals surface area (Å²) in [5, 5.41) is 8.76. The summed E-state index contributed by atoms with van der Waals surface area (Å²) < 4.78 is 0. The van der Waals surface area contributed by atoms with E-state index in [0.717, 1.165) is 16.7 Å². The van der Waals surface area contributed by atoms with Crippen molar-refractivity contribution in [1.29, 1.82) is 0 Å². The van der Waals surface area contributed by atoms with Crippen molar-refractivity contribution < 1.29 is 9.90 Å². The fourth-order valence-corrected chi connectivity index (χ4v) is 1.70. The number of hydrogen-bond acceptors (Lipinski definition) is 2. The first-order valence-electron chi connectivity index (χ1n) is 4.28. The third kappa shape index (κ3) is 1.95. The minimum Gasteiger partial charge on any atom is -0.388 e. The van der Waals surface area contributed by atoms with E-state index in [9.17, 15) is 4.79 Å². The average Bonchev–Trinajstić information content (AvgIpc) is 2.02. The molecule has 0 saturated carbocycles. The highest BCUT2D eigenvalue weighted by atomic mass is 16.3. The number of aliphatic hydroxyl groups excluding tert-OH is 1. The lowest BCUT2D eigenvalue weighted by Crippen LogP contribution is -2.09. The summed E-state index contributed by atoms with van der Waals surface area (Å²) in [5.41, 5.74) is 3.69. The maximum atomic E-state index is 11.3. The van der Waals surface area contributed by atoms with Gasteiger partial charge in [-0.15, -0.1) is 0 Å². The van der Waals surface area contributed by atoms with Crippen LogP contribution in [0.1, 0.15) is 27.0 Å². The Labute approximate surface area is 78.2 Å². The van der Waals surface area contributed by atoms with Gasteiger partial charge in [0.15, 0.2) is 5.78 Å². The highest BCUT2D eigenvalue weighted by Crippen LogP contribution is 2.16. The van der Waals surface area contributed by atoms with Crippen LogP contribution in [0.2, 0.25) is 0 Å². The molecule has 2 heteroatoms. The van der Waals surface area contributed by atoms with E-state index in [1.807, 2.05) is 32.9 Å². The molecule has 1 aromatic rings. The summed E-state index contributed by atoms with van der Waals surface area (Å²) in [6, 6.07) is 3.91. The van der Waals surface area contributed by atoms with E-state index in [4.69, 9.17) is 5.11 Å². The lowest BCUT2D eigenvalue weighted by Gasteiger charge is -2.08. The predicted octanol–water partition coefficient (Wildman–Crippen LogP) is 1.79. The van der Waals surface area contributed by atoms with Crippen LogP contribution in [0.15, 0.2) is 12.1 Å². The van der Waals surface area contributed by atoms with Crippen LogP contribution >= 0.6 is 0 Å². The number of rotatable bonds is 2. The lowest BCUT2D eigenvalue weighted by molar-refractivity contribution is 0.0902. The van der Waals surface area contributed by atoms with E-state index >= 15 is 0 Å². The normalized spacial score (nSPS) is 10.2. The maximum Gasteiger partial charge on any atom is 0.188 e. The van der Waals surface area contributed by atoms with Crippen molar-refractivity contribution in [2.45, 2.75) is 20.8 Å². The predicted molar refractivity (Wildman–Crippen MR) is 52.1 cm³/mol. The van der Waals surface area contributed by atoms with Crippen LogP contribution in [-0.2, 0) is 0 Å². The first-order valence-corrected chi connectivity index (χ1v) is 4.28. The summed E-state index contributed by atoms with van der Waals surface area (Å²) in [6.45, 7) is 5.36. The third-order valence-corrected chi connectivity index (χ3v) is 2.10. The number of carbonyl (C=O) groups is 1. The van der Waals surface area contributed by atoms with Crippen LogP contribution in [0.5, 0.6) is 0 Å². The molecule has 0 fully saturated rings. The van der Waals surface area contributed by atoms with Gasteiger partial charge >= 0.3 is 0 Å². The molecule has 0 bridgehead atoms. The first kappa shape index (κ1) is 9.93. The van der Waals surface area contributed by atoms with E-state index < -0.39 is 6.61 Å². The van der Waals surface area contributed by atoms with Crippen molar-refractivity contribution in [3.05, 3.63) is 34.4 Å². The second kappa shape index (κ2) is 3.71. The lowest BCUT2D eigenvalue weighted by atomic mass is 9.97. The van der Waals surface area contributed by atoms with Crippen molar-refractivity contribution >= 4 is 5.78 Å². The van der Waals surface area contributed by atoms with Crippen LogP contribution in [-0.4, -0.2) is 17.5 Å². The Morgan fingerprint density at radius 2 is 1.69 bits per heavy atom. The molecule has 0 radical (unpaired) electrons. The van der Waals surface area contributed by atoms with Gasteiger partial charge in [-0.1, -0.05) is 17.7 Å². The van der Waals surface area contributed by atoms with E-state index in [2.05, 4.69) is 0 Å². The molecule has 0 spiro atoms. The summed E-state index contributed by atoms with van der Waals surface area (Å²) in [4.78, 5) is 11.3. The molecular formula is C11H14O2. The highest BCUT2D eigenvalue weighted by Gasteiger charge is 2.10. The number of Topliss-reactive ketones (excluding diaryl/α,β-unsaturated/α-hetero) is 1. The Kier molecular flexibility index (Phi) is 2.83. The molecule has 2 nitrogen and oxygen atoms in total. The van der Waals surface area contributed by atoms with Gasteiger partial charge < -0.3 is 5.11 Å². The summed E-state index contributed by atoms with van der Waals surface area (Å²) in [5.74, 6) is -0.199. The number of hydrogen-bond donors (Lipinski definition) is 1. The van der Waals surface area contributed by atoms with Gasteiger partial charge in [0.25, 0.3) is 0 Å². The van der Waals surface area contributed by atoms with Gasteiger partial charge in [0.1, 0.15) is 6.61 Å². The van der Waals surface area contributed by atoms with Crippen LogP contribution in [0.25, 0.3) is 0 Å². The molecular weight excluding hydrogens is 164 g/mol. The van der Waals surface area contributed by atoms with Crippen molar-refractivity contribution in [3.8, 4) is 0 Å². The first-order chi connectivity index (χ1) is 6.06. The van der Waals surface area contributed by atoms with Gasteiger partial charge in [0.2, 0.25) is 0 Å². The second-order valence-corrected chi connectivity index (χ2v) is 3.36. The quantitative estimate of drug-likeness (QED) is 0.701. The van der Waals surface area contributed by atoms with Gasteiger partial charge in [-0.2, -0.15) is 0 Å². The van der Waals surface area contributed by atoms with Gasteiger partial charge in [-0.3, -0.25) is 4.79 Å². The van der Waals surface area contributed by atoms with Crippen LogP contribution in [0, 0.1) is 20.8 Å². The fourth-order valence-electron chi connectivity index (χ4n) is 1.70. The van der Waals surface area contributed by atoms with Crippen LogP contribution in [0.3, 0.4) is 0 Å². The SMILES string of the molecule is Cc1cc(C)c(C(=O)CO)c(C)c1. The number of carbonyl (C=O) groups excluding carboxylic acids is 1. The molecule has 0 saturated heterocycles. The Morgan fingerprint density at radius 1 is 1.23 bits per heavy atom. The number of aryl methyl sites for hydroxylation is 3. The molecule has 1 N–H and O–H groups in total. The Bertz CT molecular complexity index is 317. The highest BCUT2D eigenvalue weighted by molar-refractivity contribution is 5.99. The molecule has 0 aliphatic heterocycles. The standard InChI is InChI=1S/C11H14O2/c1-7-4-8(2)11(9(3)5-7)10(13)6-12/h4-5,12H,6H2,1-3H3. The maximum absolute atomic E-state index is 11.3. The number of benzene rings is 1. The number of ketones is 1. The van der Waals surface area contributed by atoms with Gasteiger partial charge in [0.05, 0.1) is 0 Å². The van der Waals surface area contributed by atoms with Crippen molar-refractivity contribution in [2.75, 3.05) is 6.61 Å². The Balaban J connectivity index is 3.28. The molecule has 0 aromatic heterocycles. The minimum atomic E-state index is -0.412. The average molecular weight is 178 g/mol. The molecule has 0 atom stereocenters. The van der Waals surface area contributed by atoms with Crippen molar-refractivity contribution in [2.24, 2.45) is 0 Å². The molecule has 0 heterocycles. The van der Waals surface area contributed by atoms with Crippen molar-refractivity contribution in [1.82, 2.24) is 0 Å². The third-order valence-electron chi connectivity index (χ3n) is 2.10. The molecule has 0 amide bonds. The zero-order chi connectivity index (χ0) is 10.0. The van der Waals surface area contributed by atoms with E-state index in [0.29, 0.717) is 5.56 Å². The van der Waals surface area contributed by atoms with Crippen LogP contribution in [0.4, 0.5) is 0 Å². The van der Waals surface area contributed by atoms with E-state index in [-0.39, 0.29) is 5.78 Å². The van der Waals surface area contributed by atoms with Crippen LogP contribution < -0.4 is 0 Å². The number of aliphatic hydroxyl groups is 1. The van der Waals surface area contributed by atoms with E-state index in [1.54, 1.807) is 0 Å².